The highest BCUT2D eigenvalue weighted by Gasteiger charge is 2.31. The lowest BCUT2D eigenvalue weighted by molar-refractivity contribution is -0.138. The second-order valence-electron chi connectivity index (χ2n) is 9.46. The number of aryl methyl sites for hydroxylation is 1. The maximum absolute atomic E-state index is 13.7. The average molecular weight is 622 g/mol. The Bertz CT molecular complexity index is 1690. The lowest BCUT2D eigenvalue weighted by Crippen LogP contribution is -2.44. The van der Waals surface area contributed by atoms with Gasteiger partial charge in [0.15, 0.2) is 0 Å². The molecule has 0 unspecified atom stereocenters. The minimum Gasteiger partial charge on any atom is -0.493 e. The van der Waals surface area contributed by atoms with E-state index in [9.17, 15) is 35.9 Å². The van der Waals surface area contributed by atoms with Crippen molar-refractivity contribution in [2.24, 2.45) is 0 Å². The molecule has 0 saturated carbocycles. The number of carboxylic acids is 1. The summed E-state index contributed by atoms with van der Waals surface area (Å²) in [6.45, 7) is 0.682. The van der Waals surface area contributed by atoms with Crippen molar-refractivity contribution in [2.75, 3.05) is 24.5 Å². The maximum Gasteiger partial charge on any atom is 0.416 e. The fourth-order valence-electron chi connectivity index (χ4n) is 4.14. The summed E-state index contributed by atoms with van der Waals surface area (Å²) in [5.74, 6) is -0.990. The van der Waals surface area contributed by atoms with E-state index >= 15 is 0 Å². The van der Waals surface area contributed by atoms with Crippen molar-refractivity contribution in [1.29, 1.82) is 0 Å². The Kier molecular flexibility index (Phi) is 9.40. The number of oxazole rings is 1. The number of nitrogens with zero attached hydrogens (tertiary/aromatic N) is 3. The van der Waals surface area contributed by atoms with Gasteiger partial charge in [-0.15, -0.1) is 0 Å². The highest BCUT2D eigenvalue weighted by atomic mass is 32.2. The third-order valence-corrected chi connectivity index (χ3v) is 8.19. The largest absolute Gasteiger partial charge is 0.493 e. The summed E-state index contributed by atoms with van der Waals surface area (Å²) in [5, 5.41) is 9.37. The Hall–Kier alpha value is -4.43. The predicted molar refractivity (Wildman–Crippen MR) is 149 cm³/mol. The fourth-order valence-corrected chi connectivity index (χ4v) is 5.45. The van der Waals surface area contributed by atoms with Crippen LogP contribution in [0.3, 0.4) is 0 Å². The molecule has 4 rings (SSSR count). The minimum absolute atomic E-state index is 0.0251. The van der Waals surface area contributed by atoms with Crippen LogP contribution in [0.1, 0.15) is 22.6 Å². The van der Waals surface area contributed by atoms with Gasteiger partial charge in [-0.05, 0) is 67.1 Å². The molecule has 4 aromatic rings. The number of aliphatic carboxylic acids is 1. The summed E-state index contributed by atoms with van der Waals surface area (Å²) in [7, 11) is -3.16. The molecule has 0 saturated heterocycles. The number of alkyl halides is 3. The summed E-state index contributed by atoms with van der Waals surface area (Å²) in [6, 6.07) is 15.8. The first-order valence-corrected chi connectivity index (χ1v) is 14.2. The van der Waals surface area contributed by atoms with E-state index in [4.69, 9.17) is 9.15 Å². The summed E-state index contributed by atoms with van der Waals surface area (Å²) < 4.78 is 91.8. The van der Waals surface area contributed by atoms with E-state index in [0.717, 1.165) is 32.9 Å². The Morgan fingerprint density at radius 1 is 1.05 bits per heavy atom. The Morgan fingerprint density at radius 2 is 1.74 bits per heavy atom. The van der Waals surface area contributed by atoms with Crippen molar-refractivity contribution in [2.45, 2.75) is 26.1 Å². The van der Waals surface area contributed by atoms with E-state index in [1.807, 2.05) is 0 Å². The van der Waals surface area contributed by atoms with Gasteiger partial charge < -0.3 is 14.3 Å². The second-order valence-corrected chi connectivity index (χ2v) is 11.4. The van der Waals surface area contributed by atoms with E-state index in [0.29, 0.717) is 34.8 Å². The first-order chi connectivity index (χ1) is 20.2. The molecule has 3 aromatic carbocycles. The highest BCUT2D eigenvalue weighted by Crippen LogP contribution is 2.31. The van der Waals surface area contributed by atoms with Gasteiger partial charge >= 0.3 is 22.4 Å². The zero-order chi connectivity index (χ0) is 31.4. The molecule has 0 amide bonds. The molecule has 1 heterocycles. The molecule has 14 heteroatoms. The number of ether oxygens (including phenoxy) is 1. The average Bonchev–Trinajstić information content (AvgIpc) is 3.32. The Labute approximate surface area is 245 Å². The zero-order valence-electron chi connectivity index (χ0n) is 23.0. The summed E-state index contributed by atoms with van der Waals surface area (Å²) >= 11 is 0. The lowest BCUT2D eigenvalue weighted by Gasteiger charge is -2.28. The van der Waals surface area contributed by atoms with Gasteiger partial charge in [0.05, 0.1) is 23.6 Å². The number of aromatic nitrogens is 1. The van der Waals surface area contributed by atoms with Crippen LogP contribution in [-0.4, -0.2) is 49.0 Å². The number of benzene rings is 3. The van der Waals surface area contributed by atoms with Gasteiger partial charge in [-0.1, -0.05) is 18.2 Å². The van der Waals surface area contributed by atoms with Gasteiger partial charge in [-0.3, -0.25) is 9.10 Å². The molecule has 228 valence electrons. The van der Waals surface area contributed by atoms with Crippen LogP contribution in [0, 0.1) is 12.7 Å². The van der Waals surface area contributed by atoms with Gasteiger partial charge in [-0.25, -0.2) is 9.37 Å². The predicted octanol–water partition coefficient (Wildman–Crippen LogP) is 5.70. The molecule has 9 nitrogen and oxygen atoms in total. The Morgan fingerprint density at radius 3 is 2.40 bits per heavy atom. The van der Waals surface area contributed by atoms with E-state index in [-0.39, 0.29) is 24.7 Å². The number of carboxylic acid groups (broad SMARTS) is 1. The molecule has 0 fully saturated rings. The highest BCUT2D eigenvalue weighted by molar-refractivity contribution is 7.90. The SMILES string of the molecule is Cc1oc(-c2ccc(C(F)(F)F)cc2)nc1CCOc1cccc(CN(CC(=O)O)S(=O)(=O)N(C)c2cccc(F)c2)c1. The van der Waals surface area contributed by atoms with Gasteiger partial charge in [-0.2, -0.15) is 25.9 Å². The first-order valence-electron chi connectivity index (χ1n) is 12.8. The fraction of sp³-hybridized carbons (Fsp3) is 0.241. The molecule has 0 aliphatic rings. The number of anilines is 1. The Balaban J connectivity index is 1.42. The van der Waals surface area contributed by atoms with Crippen LogP contribution in [0.5, 0.6) is 5.75 Å². The van der Waals surface area contributed by atoms with Gasteiger partial charge in [0.2, 0.25) is 5.89 Å². The molecule has 0 aliphatic heterocycles. The molecular formula is C29H27F4N3O6S. The number of halogens is 4. The smallest absolute Gasteiger partial charge is 0.416 e. The maximum atomic E-state index is 13.7. The van der Waals surface area contributed by atoms with Gasteiger partial charge in [0, 0.05) is 25.6 Å². The first kappa shape index (κ1) is 31.5. The molecular weight excluding hydrogens is 594 g/mol. The minimum atomic E-state index is -4.45. The summed E-state index contributed by atoms with van der Waals surface area (Å²) in [6.07, 6.45) is -4.15. The van der Waals surface area contributed by atoms with Crippen molar-refractivity contribution >= 4 is 21.9 Å². The number of hydrogen-bond acceptors (Lipinski definition) is 6. The molecule has 0 aliphatic carbocycles. The van der Waals surface area contributed by atoms with Crippen molar-refractivity contribution in [3.63, 3.8) is 0 Å². The normalized spacial score (nSPS) is 12.0. The van der Waals surface area contributed by atoms with Crippen molar-refractivity contribution in [1.82, 2.24) is 9.29 Å². The summed E-state index contributed by atoms with van der Waals surface area (Å²) in [4.78, 5) is 15.9. The van der Waals surface area contributed by atoms with E-state index in [1.54, 1.807) is 31.2 Å². The molecule has 0 spiro atoms. The molecule has 0 bridgehead atoms. The van der Waals surface area contributed by atoms with Crippen LogP contribution >= 0.6 is 0 Å². The van der Waals surface area contributed by atoms with Gasteiger partial charge in [0.1, 0.15) is 23.9 Å². The van der Waals surface area contributed by atoms with E-state index in [1.165, 1.54) is 31.3 Å². The zero-order valence-corrected chi connectivity index (χ0v) is 23.8. The molecule has 0 radical (unpaired) electrons. The van der Waals surface area contributed by atoms with Crippen molar-refractivity contribution in [3.8, 4) is 17.2 Å². The standard InChI is InChI=1S/C29H27F4N3O6S/c1-19-26(34-28(42-19)21-9-11-22(12-10-21)29(31,32)33)13-14-41-25-8-3-5-20(15-25)17-36(18-27(37)38)43(39,40)35(2)24-7-4-6-23(30)16-24/h3-12,15-16H,13-14,17-18H2,1-2H3,(H,37,38). The van der Waals surface area contributed by atoms with Crippen LogP contribution in [0.15, 0.2) is 77.2 Å². The van der Waals surface area contributed by atoms with E-state index < -0.39 is 40.3 Å². The number of rotatable bonds is 12. The van der Waals surface area contributed by atoms with Crippen LogP contribution in [0.4, 0.5) is 23.2 Å². The van der Waals surface area contributed by atoms with E-state index in [2.05, 4.69) is 4.98 Å². The third kappa shape index (κ3) is 7.90. The molecule has 1 N–H and O–H groups in total. The quantitative estimate of drug-likeness (QED) is 0.202. The number of hydrogen-bond donors (Lipinski definition) is 1. The lowest BCUT2D eigenvalue weighted by atomic mass is 10.1. The molecule has 43 heavy (non-hydrogen) atoms. The van der Waals surface area contributed by atoms with Crippen LogP contribution in [-0.2, 0) is 34.1 Å². The van der Waals surface area contributed by atoms with Gasteiger partial charge in [0.25, 0.3) is 0 Å². The number of carbonyl (C=O) groups is 1. The topological polar surface area (TPSA) is 113 Å². The van der Waals surface area contributed by atoms with Crippen LogP contribution in [0.25, 0.3) is 11.5 Å². The molecule has 1 aromatic heterocycles. The molecule has 0 atom stereocenters. The summed E-state index contributed by atoms with van der Waals surface area (Å²) in [5.41, 5.74) is 0.622. The second kappa shape index (κ2) is 12.8. The van der Waals surface area contributed by atoms with Crippen LogP contribution in [0.2, 0.25) is 0 Å². The van der Waals surface area contributed by atoms with Crippen LogP contribution < -0.4 is 9.04 Å². The third-order valence-electron chi connectivity index (χ3n) is 6.37. The van der Waals surface area contributed by atoms with Crippen molar-refractivity contribution in [3.05, 3.63) is 101 Å². The monoisotopic (exact) mass is 621 g/mol. The van der Waals surface area contributed by atoms with Crippen molar-refractivity contribution < 1.29 is 45.0 Å².